The molecule has 0 fully saturated rings. The van der Waals surface area contributed by atoms with Gasteiger partial charge in [0.2, 0.25) is 11.6 Å². The van der Waals surface area contributed by atoms with Crippen molar-refractivity contribution in [2.75, 3.05) is 0 Å². The number of carbonyl (C=O) groups excluding carboxylic acids is 2. The SMILES string of the molecule is N#Cc1ccc(-c2nc3c([nH]2)C(=O)c2ccccc2C3=O)cc1. The van der Waals surface area contributed by atoms with Crippen molar-refractivity contribution in [2.45, 2.75) is 0 Å². The Balaban J connectivity index is 1.85. The first-order valence-corrected chi connectivity index (χ1v) is 6.98. The molecule has 0 atom stereocenters. The molecule has 4 rings (SSSR count). The van der Waals surface area contributed by atoms with Crippen LogP contribution in [0.2, 0.25) is 0 Å². The quantitative estimate of drug-likeness (QED) is 0.585. The van der Waals surface area contributed by atoms with Crippen LogP contribution in [0.3, 0.4) is 0 Å². The van der Waals surface area contributed by atoms with E-state index in [9.17, 15) is 9.59 Å². The van der Waals surface area contributed by atoms with Gasteiger partial charge in [-0.3, -0.25) is 9.59 Å². The average molecular weight is 299 g/mol. The van der Waals surface area contributed by atoms with Gasteiger partial charge in [-0.15, -0.1) is 0 Å². The molecule has 0 radical (unpaired) electrons. The van der Waals surface area contributed by atoms with E-state index in [2.05, 4.69) is 9.97 Å². The van der Waals surface area contributed by atoms with Crippen LogP contribution in [0.5, 0.6) is 0 Å². The molecule has 0 amide bonds. The minimum atomic E-state index is -0.258. The van der Waals surface area contributed by atoms with Crippen LogP contribution in [0.15, 0.2) is 48.5 Å². The summed E-state index contributed by atoms with van der Waals surface area (Å²) in [6.45, 7) is 0. The molecule has 0 aliphatic heterocycles. The van der Waals surface area contributed by atoms with E-state index in [1.807, 2.05) is 6.07 Å². The number of aromatic amines is 1. The molecule has 5 heteroatoms. The van der Waals surface area contributed by atoms with Crippen LogP contribution in [0.4, 0.5) is 0 Å². The van der Waals surface area contributed by atoms with E-state index in [0.29, 0.717) is 28.1 Å². The number of nitrogens with zero attached hydrogens (tertiary/aromatic N) is 2. The second-order valence-electron chi connectivity index (χ2n) is 5.20. The van der Waals surface area contributed by atoms with Gasteiger partial charge in [-0.05, 0) is 24.3 Å². The summed E-state index contributed by atoms with van der Waals surface area (Å²) in [5, 5.41) is 8.84. The summed E-state index contributed by atoms with van der Waals surface area (Å²) in [5.41, 5.74) is 2.37. The van der Waals surface area contributed by atoms with Crippen LogP contribution >= 0.6 is 0 Å². The number of fused-ring (bicyclic) bond motifs is 2. The van der Waals surface area contributed by atoms with E-state index in [1.165, 1.54) is 0 Å². The molecule has 0 saturated heterocycles. The summed E-state index contributed by atoms with van der Waals surface area (Å²) in [4.78, 5) is 32.3. The molecular formula is C18H9N3O2. The van der Waals surface area contributed by atoms with Crippen molar-refractivity contribution in [3.63, 3.8) is 0 Å². The third-order valence-electron chi connectivity index (χ3n) is 3.85. The maximum Gasteiger partial charge on any atom is 0.214 e. The zero-order chi connectivity index (χ0) is 16.0. The minimum absolute atomic E-state index is 0.146. The van der Waals surface area contributed by atoms with E-state index in [4.69, 9.17) is 5.26 Å². The molecule has 1 N–H and O–H groups in total. The highest BCUT2D eigenvalue weighted by molar-refractivity contribution is 6.27. The van der Waals surface area contributed by atoms with Crippen molar-refractivity contribution in [3.8, 4) is 17.5 Å². The zero-order valence-electron chi connectivity index (χ0n) is 11.8. The molecule has 0 bridgehead atoms. The lowest BCUT2D eigenvalue weighted by Crippen LogP contribution is -2.20. The van der Waals surface area contributed by atoms with Crippen LogP contribution in [0, 0.1) is 11.3 Å². The van der Waals surface area contributed by atoms with Crippen LogP contribution in [-0.4, -0.2) is 21.5 Å². The number of carbonyl (C=O) groups is 2. The van der Waals surface area contributed by atoms with E-state index in [1.54, 1.807) is 48.5 Å². The molecule has 1 aromatic heterocycles. The van der Waals surface area contributed by atoms with Crippen LogP contribution in [-0.2, 0) is 0 Å². The summed E-state index contributed by atoms with van der Waals surface area (Å²) in [7, 11) is 0. The highest BCUT2D eigenvalue weighted by atomic mass is 16.1. The van der Waals surface area contributed by atoms with Gasteiger partial charge in [-0.1, -0.05) is 24.3 Å². The topological polar surface area (TPSA) is 86.6 Å². The summed E-state index contributed by atoms with van der Waals surface area (Å²) in [6.07, 6.45) is 0. The molecular weight excluding hydrogens is 290 g/mol. The molecule has 1 aliphatic rings. The van der Waals surface area contributed by atoms with Crippen molar-refractivity contribution < 1.29 is 9.59 Å². The minimum Gasteiger partial charge on any atom is -0.335 e. The predicted octanol–water partition coefficient (Wildman–Crippen LogP) is 2.72. The molecule has 108 valence electrons. The van der Waals surface area contributed by atoms with Gasteiger partial charge in [0.1, 0.15) is 17.2 Å². The molecule has 5 nitrogen and oxygen atoms in total. The lowest BCUT2D eigenvalue weighted by molar-refractivity contribution is 0.0974. The highest BCUT2D eigenvalue weighted by Crippen LogP contribution is 2.28. The van der Waals surface area contributed by atoms with Crippen molar-refractivity contribution in [1.29, 1.82) is 5.26 Å². The summed E-state index contributed by atoms with van der Waals surface area (Å²) >= 11 is 0. The normalized spacial score (nSPS) is 12.5. The standard InChI is InChI=1S/C18H9N3O2/c19-9-10-5-7-11(8-6-10)18-20-14-15(21-18)17(23)13-4-2-1-3-12(13)16(14)22/h1-8H,(H,20,21). The third kappa shape index (κ3) is 1.89. The Kier molecular flexibility index (Phi) is 2.72. The largest absolute Gasteiger partial charge is 0.335 e. The van der Waals surface area contributed by atoms with Crippen molar-refractivity contribution >= 4 is 11.6 Å². The van der Waals surface area contributed by atoms with Crippen molar-refractivity contribution in [3.05, 3.63) is 76.6 Å². The number of rotatable bonds is 1. The Morgan fingerprint density at radius 2 is 1.57 bits per heavy atom. The Morgan fingerprint density at radius 3 is 2.22 bits per heavy atom. The summed E-state index contributed by atoms with van der Waals surface area (Å²) in [5.74, 6) is -0.0528. The van der Waals surface area contributed by atoms with Gasteiger partial charge in [0.25, 0.3) is 0 Å². The van der Waals surface area contributed by atoms with Crippen LogP contribution in [0.1, 0.15) is 37.7 Å². The van der Waals surface area contributed by atoms with Gasteiger partial charge in [0.15, 0.2) is 0 Å². The summed E-state index contributed by atoms with van der Waals surface area (Å²) < 4.78 is 0. The molecule has 1 aliphatic carbocycles. The number of nitriles is 1. The molecule has 1 heterocycles. The second kappa shape index (κ2) is 4.75. The second-order valence-corrected chi connectivity index (χ2v) is 5.20. The molecule has 0 spiro atoms. The van der Waals surface area contributed by atoms with Crippen LogP contribution in [0.25, 0.3) is 11.4 Å². The first-order valence-electron chi connectivity index (χ1n) is 6.98. The first-order chi connectivity index (χ1) is 11.2. The number of aromatic nitrogens is 2. The van der Waals surface area contributed by atoms with Gasteiger partial charge in [-0.25, -0.2) is 4.98 Å². The van der Waals surface area contributed by atoms with Gasteiger partial charge in [-0.2, -0.15) is 5.26 Å². The molecule has 23 heavy (non-hydrogen) atoms. The Morgan fingerprint density at radius 1 is 0.913 bits per heavy atom. The van der Waals surface area contributed by atoms with E-state index in [0.717, 1.165) is 0 Å². The fourth-order valence-corrected chi connectivity index (χ4v) is 2.68. The molecule has 0 unspecified atom stereocenters. The van der Waals surface area contributed by atoms with E-state index < -0.39 is 0 Å². The number of hydrogen-bond donors (Lipinski definition) is 1. The number of benzene rings is 2. The Labute approximate surface area is 131 Å². The van der Waals surface area contributed by atoms with E-state index >= 15 is 0 Å². The number of ketones is 2. The van der Waals surface area contributed by atoms with Gasteiger partial charge in [0.05, 0.1) is 11.6 Å². The zero-order valence-corrected chi connectivity index (χ0v) is 11.8. The number of H-pyrrole nitrogens is 1. The molecule has 0 saturated carbocycles. The summed E-state index contributed by atoms with van der Waals surface area (Å²) in [6, 6.07) is 15.5. The predicted molar refractivity (Wildman–Crippen MR) is 82.0 cm³/mol. The van der Waals surface area contributed by atoms with Crippen molar-refractivity contribution in [2.24, 2.45) is 0 Å². The number of nitrogens with one attached hydrogen (secondary N) is 1. The monoisotopic (exact) mass is 299 g/mol. The maximum atomic E-state index is 12.5. The van der Waals surface area contributed by atoms with E-state index in [-0.39, 0.29) is 23.0 Å². The average Bonchev–Trinajstić information content (AvgIpc) is 3.05. The van der Waals surface area contributed by atoms with Crippen molar-refractivity contribution in [1.82, 2.24) is 9.97 Å². The fourth-order valence-electron chi connectivity index (χ4n) is 2.68. The first kappa shape index (κ1) is 13.2. The lowest BCUT2D eigenvalue weighted by Gasteiger charge is -2.11. The smallest absolute Gasteiger partial charge is 0.214 e. The van der Waals surface area contributed by atoms with Gasteiger partial charge < -0.3 is 4.98 Å². The fraction of sp³-hybridized carbons (Fsp3) is 0. The van der Waals surface area contributed by atoms with Crippen LogP contribution < -0.4 is 0 Å². The Hall–Kier alpha value is -3.52. The lowest BCUT2D eigenvalue weighted by atomic mass is 9.90. The molecule has 3 aromatic rings. The van der Waals surface area contributed by atoms with Gasteiger partial charge >= 0.3 is 0 Å². The third-order valence-corrected chi connectivity index (χ3v) is 3.85. The Bertz CT molecular complexity index is 955. The number of hydrogen-bond acceptors (Lipinski definition) is 4. The van der Waals surface area contributed by atoms with Gasteiger partial charge in [0, 0.05) is 16.7 Å². The maximum absolute atomic E-state index is 12.5. The highest BCUT2D eigenvalue weighted by Gasteiger charge is 2.33. The molecule has 2 aromatic carbocycles. The number of imidazole rings is 1.